The van der Waals surface area contributed by atoms with Gasteiger partial charge in [0.15, 0.2) is 0 Å². The number of hydrogen-bond donors (Lipinski definition) is 0. The van der Waals surface area contributed by atoms with E-state index in [1.54, 1.807) is 0 Å². The molecule has 0 aliphatic carbocycles. The van der Waals surface area contributed by atoms with Gasteiger partial charge < -0.3 is 4.74 Å². The summed E-state index contributed by atoms with van der Waals surface area (Å²) in [5.74, 6) is 0. The molecule has 0 aromatic carbocycles. The van der Waals surface area contributed by atoms with Gasteiger partial charge in [0.05, 0.1) is 5.60 Å². The molecule has 0 aliphatic heterocycles. The topological polar surface area (TPSA) is 9.23 Å². The quantitative estimate of drug-likeness (QED) is 0.555. The third-order valence-electron chi connectivity index (χ3n) is 1.68. The number of rotatable bonds is 6. The van der Waals surface area contributed by atoms with Crippen LogP contribution in [0.15, 0.2) is 0 Å². The van der Waals surface area contributed by atoms with Crippen molar-refractivity contribution in [3.63, 3.8) is 0 Å². The standard InChI is InChI=1S/C11H23O/c1-5-6-7-8-9-10-12-11(2,3)4/h1,5-10H2,2-4H3. The molecule has 0 atom stereocenters. The number of hydrogen-bond acceptors (Lipinski definition) is 1. The van der Waals surface area contributed by atoms with Crippen molar-refractivity contribution in [1.29, 1.82) is 0 Å². The molecule has 0 amide bonds. The first-order valence-corrected chi connectivity index (χ1v) is 4.99. The summed E-state index contributed by atoms with van der Waals surface area (Å²) in [4.78, 5) is 0. The molecule has 0 aromatic heterocycles. The van der Waals surface area contributed by atoms with Crippen LogP contribution in [0, 0.1) is 6.92 Å². The SMILES string of the molecule is [CH2]CCCCCCOC(C)(C)C. The molecule has 1 nitrogen and oxygen atoms in total. The van der Waals surface area contributed by atoms with Crippen molar-refractivity contribution in [2.24, 2.45) is 0 Å². The monoisotopic (exact) mass is 171 g/mol. The van der Waals surface area contributed by atoms with Gasteiger partial charge >= 0.3 is 0 Å². The Balaban J connectivity index is 3.01. The molecule has 0 fully saturated rings. The second kappa shape index (κ2) is 6.47. The van der Waals surface area contributed by atoms with E-state index in [0.29, 0.717) is 0 Å². The molecule has 1 heteroatoms. The summed E-state index contributed by atoms with van der Waals surface area (Å²) in [6, 6.07) is 0. The maximum Gasteiger partial charge on any atom is 0.0598 e. The fourth-order valence-electron chi connectivity index (χ4n) is 1.01. The molecule has 0 spiro atoms. The Hall–Kier alpha value is -0.0400. The van der Waals surface area contributed by atoms with Gasteiger partial charge in [0, 0.05) is 6.61 Å². The van der Waals surface area contributed by atoms with Crippen LogP contribution in [0.2, 0.25) is 0 Å². The van der Waals surface area contributed by atoms with Crippen LogP contribution >= 0.6 is 0 Å². The van der Waals surface area contributed by atoms with E-state index in [4.69, 9.17) is 4.74 Å². The minimum absolute atomic E-state index is 0.0340. The Morgan fingerprint density at radius 1 is 1.00 bits per heavy atom. The third-order valence-corrected chi connectivity index (χ3v) is 1.68. The molecule has 0 N–H and O–H groups in total. The van der Waals surface area contributed by atoms with Crippen LogP contribution in [0.25, 0.3) is 0 Å². The summed E-state index contributed by atoms with van der Waals surface area (Å²) in [5.41, 5.74) is 0.0340. The first kappa shape index (κ1) is 12.0. The Kier molecular flexibility index (Phi) is 6.45. The van der Waals surface area contributed by atoms with Gasteiger partial charge in [0.25, 0.3) is 0 Å². The molecular weight excluding hydrogens is 148 g/mol. The molecule has 0 aromatic rings. The molecule has 0 unspecified atom stereocenters. The molecule has 0 aliphatic rings. The summed E-state index contributed by atoms with van der Waals surface area (Å²) in [6.07, 6.45) is 6.11. The van der Waals surface area contributed by atoms with E-state index < -0.39 is 0 Å². The van der Waals surface area contributed by atoms with E-state index in [1.807, 2.05) is 0 Å². The lowest BCUT2D eigenvalue weighted by atomic mass is 10.1. The van der Waals surface area contributed by atoms with E-state index in [-0.39, 0.29) is 5.60 Å². The van der Waals surface area contributed by atoms with Crippen molar-refractivity contribution in [3.8, 4) is 0 Å². The lowest BCUT2D eigenvalue weighted by Crippen LogP contribution is -2.19. The van der Waals surface area contributed by atoms with Gasteiger partial charge in [0.1, 0.15) is 0 Å². The molecule has 0 saturated heterocycles. The molecule has 0 saturated carbocycles. The van der Waals surface area contributed by atoms with Gasteiger partial charge in [-0.1, -0.05) is 32.6 Å². The molecule has 73 valence electrons. The van der Waals surface area contributed by atoms with Gasteiger partial charge in [-0.05, 0) is 27.2 Å². The van der Waals surface area contributed by atoms with Crippen molar-refractivity contribution < 1.29 is 4.74 Å². The maximum atomic E-state index is 5.59. The van der Waals surface area contributed by atoms with Crippen molar-refractivity contribution in [2.75, 3.05) is 6.61 Å². The third kappa shape index (κ3) is 9.96. The van der Waals surface area contributed by atoms with Crippen molar-refractivity contribution in [3.05, 3.63) is 6.92 Å². The van der Waals surface area contributed by atoms with E-state index in [0.717, 1.165) is 13.0 Å². The Morgan fingerprint density at radius 2 is 1.58 bits per heavy atom. The number of ether oxygens (including phenoxy) is 1. The van der Waals surface area contributed by atoms with Crippen LogP contribution in [-0.2, 0) is 4.74 Å². The predicted molar refractivity (Wildman–Crippen MR) is 54.1 cm³/mol. The summed E-state index contributed by atoms with van der Waals surface area (Å²) in [5, 5.41) is 0. The molecule has 0 rings (SSSR count). The Labute approximate surface area is 77.5 Å². The maximum absolute atomic E-state index is 5.59. The highest BCUT2D eigenvalue weighted by Crippen LogP contribution is 2.09. The minimum atomic E-state index is 0.0340. The zero-order chi connectivity index (χ0) is 9.45. The highest BCUT2D eigenvalue weighted by atomic mass is 16.5. The molecule has 0 heterocycles. The molecule has 1 radical (unpaired) electrons. The highest BCUT2D eigenvalue weighted by Gasteiger charge is 2.08. The van der Waals surface area contributed by atoms with Gasteiger partial charge in [0.2, 0.25) is 0 Å². The van der Waals surface area contributed by atoms with Gasteiger partial charge in [-0.3, -0.25) is 0 Å². The fraction of sp³-hybridized carbons (Fsp3) is 0.909. The first-order valence-electron chi connectivity index (χ1n) is 4.99. The van der Waals surface area contributed by atoms with Crippen molar-refractivity contribution in [2.45, 2.75) is 58.5 Å². The van der Waals surface area contributed by atoms with Crippen LogP contribution in [0.3, 0.4) is 0 Å². The first-order chi connectivity index (χ1) is 5.56. The average molecular weight is 171 g/mol. The fourth-order valence-corrected chi connectivity index (χ4v) is 1.01. The smallest absolute Gasteiger partial charge is 0.0598 e. The van der Waals surface area contributed by atoms with E-state index >= 15 is 0 Å². The zero-order valence-corrected chi connectivity index (χ0v) is 8.86. The van der Waals surface area contributed by atoms with E-state index in [2.05, 4.69) is 27.7 Å². The van der Waals surface area contributed by atoms with Gasteiger partial charge in [-0.15, -0.1) is 0 Å². The van der Waals surface area contributed by atoms with Crippen molar-refractivity contribution >= 4 is 0 Å². The second-order valence-corrected chi connectivity index (χ2v) is 4.23. The second-order valence-electron chi connectivity index (χ2n) is 4.23. The van der Waals surface area contributed by atoms with Gasteiger partial charge in [-0.25, -0.2) is 0 Å². The average Bonchev–Trinajstić information content (AvgIpc) is 1.94. The van der Waals surface area contributed by atoms with Crippen LogP contribution in [-0.4, -0.2) is 12.2 Å². The van der Waals surface area contributed by atoms with Crippen molar-refractivity contribution in [1.82, 2.24) is 0 Å². The molecule has 12 heavy (non-hydrogen) atoms. The normalized spacial score (nSPS) is 12.0. The molecular formula is C11H23O. The highest BCUT2D eigenvalue weighted by molar-refractivity contribution is 4.58. The lowest BCUT2D eigenvalue weighted by molar-refractivity contribution is -0.00473. The number of unbranched alkanes of at least 4 members (excludes halogenated alkanes) is 4. The summed E-state index contributed by atoms with van der Waals surface area (Å²) in [7, 11) is 0. The largest absolute Gasteiger partial charge is 0.376 e. The zero-order valence-electron chi connectivity index (χ0n) is 8.86. The Morgan fingerprint density at radius 3 is 2.08 bits per heavy atom. The summed E-state index contributed by atoms with van der Waals surface area (Å²) in [6.45, 7) is 11.0. The van der Waals surface area contributed by atoms with Crippen LogP contribution < -0.4 is 0 Å². The molecule has 0 bridgehead atoms. The van der Waals surface area contributed by atoms with E-state index in [1.165, 1.54) is 25.7 Å². The Bertz CT molecular complexity index is 91.7. The van der Waals surface area contributed by atoms with Crippen LogP contribution in [0.5, 0.6) is 0 Å². The minimum Gasteiger partial charge on any atom is -0.376 e. The predicted octanol–water partition coefficient (Wildman–Crippen LogP) is 3.59. The van der Waals surface area contributed by atoms with E-state index in [9.17, 15) is 0 Å². The lowest BCUT2D eigenvalue weighted by Gasteiger charge is -2.19. The summed E-state index contributed by atoms with van der Waals surface area (Å²) < 4.78 is 5.59. The van der Waals surface area contributed by atoms with Crippen LogP contribution in [0.4, 0.5) is 0 Å². The van der Waals surface area contributed by atoms with Gasteiger partial charge in [-0.2, -0.15) is 0 Å². The van der Waals surface area contributed by atoms with Crippen LogP contribution in [0.1, 0.15) is 52.9 Å². The summed E-state index contributed by atoms with van der Waals surface area (Å²) >= 11 is 0.